The molecule has 2 amide bonds. The van der Waals surface area contributed by atoms with Gasteiger partial charge in [-0.05, 0) is 31.4 Å². The highest BCUT2D eigenvalue weighted by Gasteiger charge is 2.69. The average molecular weight is 457 g/mol. The van der Waals surface area contributed by atoms with Crippen LogP contribution in [0, 0.1) is 11.7 Å². The maximum absolute atomic E-state index is 13.4. The molecule has 9 nitrogen and oxygen atoms in total. The number of hydrazine groups is 1. The summed E-state index contributed by atoms with van der Waals surface area (Å²) >= 11 is 5.63. The molecule has 3 aliphatic carbocycles. The van der Waals surface area contributed by atoms with Gasteiger partial charge >= 0.3 is 0 Å². The summed E-state index contributed by atoms with van der Waals surface area (Å²) in [7, 11) is 3.11. The van der Waals surface area contributed by atoms with Crippen LogP contribution in [0.2, 0.25) is 5.02 Å². The van der Waals surface area contributed by atoms with E-state index in [1.807, 2.05) is 0 Å². The third-order valence-corrected chi connectivity index (χ3v) is 6.49. The van der Waals surface area contributed by atoms with Gasteiger partial charge in [0.2, 0.25) is 5.91 Å². The Bertz CT molecular complexity index is 852. The second-order valence-corrected chi connectivity index (χ2v) is 8.91. The number of carbonyl (C=O) groups is 2. The first kappa shape index (κ1) is 22.2. The fourth-order valence-electron chi connectivity index (χ4n) is 4.77. The number of rotatable bonds is 8. The van der Waals surface area contributed by atoms with E-state index < -0.39 is 18.0 Å². The second-order valence-electron chi connectivity index (χ2n) is 8.50. The minimum Gasteiger partial charge on any atom is -0.484 e. The normalized spacial score (nSPS) is 33.6. The first-order chi connectivity index (χ1) is 14.8. The van der Waals surface area contributed by atoms with E-state index in [2.05, 4.69) is 21.5 Å². The van der Waals surface area contributed by atoms with Gasteiger partial charge in [-0.25, -0.2) is 15.2 Å². The third-order valence-electron chi connectivity index (χ3n) is 6.18. The van der Waals surface area contributed by atoms with Crippen LogP contribution in [-0.2, 0) is 19.1 Å². The Labute approximate surface area is 184 Å². The molecule has 3 atom stereocenters. The lowest BCUT2D eigenvalue weighted by molar-refractivity contribution is -0.160. The molecule has 4 N–H and O–H groups in total. The summed E-state index contributed by atoms with van der Waals surface area (Å²) in [6.07, 6.45) is 1.73. The number of hydrogen-bond acceptors (Lipinski definition) is 7. The molecule has 1 aliphatic heterocycles. The molecule has 0 spiro atoms. The first-order valence-corrected chi connectivity index (χ1v) is 10.4. The van der Waals surface area contributed by atoms with Gasteiger partial charge in [0.05, 0.1) is 10.9 Å². The molecule has 4 aliphatic rings. The minimum atomic E-state index is -0.604. The monoisotopic (exact) mass is 456 g/mol. The Morgan fingerprint density at radius 3 is 2.52 bits per heavy atom. The molecule has 4 fully saturated rings. The molecule has 0 radical (unpaired) electrons. The van der Waals surface area contributed by atoms with Crippen molar-refractivity contribution in [2.24, 2.45) is 5.92 Å². The number of benzene rings is 1. The van der Waals surface area contributed by atoms with E-state index in [4.69, 9.17) is 25.8 Å². The number of carbonyl (C=O) groups excluding carboxylic acids is 2. The lowest BCUT2D eigenvalue weighted by atomic mass is 9.44. The largest absolute Gasteiger partial charge is 0.484 e. The zero-order valence-electron chi connectivity index (χ0n) is 17.3. The molecule has 1 saturated heterocycles. The summed E-state index contributed by atoms with van der Waals surface area (Å²) in [5.74, 6) is -1.16. The first-order valence-electron chi connectivity index (χ1n) is 10.0. The van der Waals surface area contributed by atoms with Crippen molar-refractivity contribution >= 4 is 23.4 Å². The van der Waals surface area contributed by atoms with Crippen LogP contribution in [0.15, 0.2) is 18.2 Å². The lowest BCUT2D eigenvalue weighted by Crippen LogP contribution is -2.84. The van der Waals surface area contributed by atoms with Crippen LogP contribution in [0.4, 0.5) is 4.39 Å². The van der Waals surface area contributed by atoms with E-state index in [0.717, 1.165) is 6.07 Å². The smallest absolute Gasteiger partial charge is 0.258 e. The molecule has 1 aromatic carbocycles. The van der Waals surface area contributed by atoms with Crippen LogP contribution in [-0.4, -0.2) is 56.2 Å². The molecule has 1 aromatic rings. The zero-order chi connectivity index (χ0) is 22.2. The van der Waals surface area contributed by atoms with Gasteiger partial charge in [0, 0.05) is 37.8 Å². The predicted octanol–water partition coefficient (Wildman–Crippen LogP) is 0.825. The topological polar surface area (TPSA) is 110 Å². The summed E-state index contributed by atoms with van der Waals surface area (Å²) in [6, 6.07) is 4.01. The van der Waals surface area contributed by atoms with Gasteiger partial charge in [0.1, 0.15) is 24.0 Å². The summed E-state index contributed by atoms with van der Waals surface area (Å²) < 4.78 is 29.4. The molecule has 1 heterocycles. The maximum atomic E-state index is 13.4. The van der Waals surface area contributed by atoms with E-state index in [-0.39, 0.29) is 46.5 Å². The molecule has 2 bridgehead atoms. The van der Waals surface area contributed by atoms with Gasteiger partial charge in [-0.15, -0.1) is 0 Å². The van der Waals surface area contributed by atoms with Crippen molar-refractivity contribution in [1.82, 2.24) is 21.5 Å². The highest BCUT2D eigenvalue weighted by Crippen LogP contribution is 2.60. The summed E-state index contributed by atoms with van der Waals surface area (Å²) in [5, 5.41) is 6.09. The minimum absolute atomic E-state index is 0.00662. The summed E-state index contributed by atoms with van der Waals surface area (Å²) in [5.41, 5.74) is 5.28. The van der Waals surface area contributed by atoms with Crippen molar-refractivity contribution in [2.45, 2.75) is 49.2 Å². The zero-order valence-corrected chi connectivity index (χ0v) is 18.1. The Kier molecular flexibility index (Phi) is 6.10. The molecular formula is C20H26ClFN4O5. The molecular weight excluding hydrogens is 431 g/mol. The number of methoxy groups -OCH3 is 2. The van der Waals surface area contributed by atoms with E-state index >= 15 is 0 Å². The third kappa shape index (κ3) is 4.49. The van der Waals surface area contributed by atoms with Gasteiger partial charge in [-0.3, -0.25) is 9.59 Å². The van der Waals surface area contributed by atoms with Crippen LogP contribution in [0.5, 0.6) is 5.75 Å². The number of amides is 2. The van der Waals surface area contributed by atoms with Crippen LogP contribution >= 0.6 is 11.6 Å². The van der Waals surface area contributed by atoms with Gasteiger partial charge in [-0.2, -0.15) is 0 Å². The molecule has 5 rings (SSSR count). The van der Waals surface area contributed by atoms with Gasteiger partial charge in [-0.1, -0.05) is 11.6 Å². The summed E-state index contributed by atoms with van der Waals surface area (Å²) in [4.78, 5) is 25.1. The van der Waals surface area contributed by atoms with Crippen LogP contribution < -0.4 is 26.2 Å². The Hall–Kier alpha value is -1.98. The highest BCUT2D eigenvalue weighted by atomic mass is 35.5. The Morgan fingerprint density at radius 1 is 1.16 bits per heavy atom. The fraction of sp³-hybridized carbons (Fsp3) is 0.600. The number of halogens is 2. The lowest BCUT2D eigenvalue weighted by Gasteiger charge is -2.70. The molecule has 3 unspecified atom stereocenters. The molecule has 31 heavy (non-hydrogen) atoms. The van der Waals surface area contributed by atoms with Crippen molar-refractivity contribution in [1.29, 1.82) is 0 Å². The van der Waals surface area contributed by atoms with Crippen LogP contribution in [0.1, 0.15) is 25.7 Å². The quantitative estimate of drug-likeness (QED) is 0.458. The Balaban J connectivity index is 1.23. The summed E-state index contributed by atoms with van der Waals surface area (Å²) in [6.45, 7) is -0.225. The van der Waals surface area contributed by atoms with E-state index in [9.17, 15) is 14.0 Å². The Morgan fingerprint density at radius 2 is 1.87 bits per heavy atom. The van der Waals surface area contributed by atoms with Crippen molar-refractivity contribution in [3.8, 4) is 5.75 Å². The molecule has 0 aromatic heterocycles. The number of ether oxygens (including phenoxy) is 3. The van der Waals surface area contributed by atoms with E-state index in [1.54, 1.807) is 14.2 Å². The molecule has 3 saturated carbocycles. The maximum Gasteiger partial charge on any atom is 0.258 e. The van der Waals surface area contributed by atoms with Gasteiger partial charge in [0.15, 0.2) is 6.61 Å². The standard InChI is InChI=1S/C20H26ClFN4O5/c1-29-16-6-12(18(30-2)26-25-16)17(28)24-20-8-19(9-20,10-20)23-15(27)7-31-11-3-4-13(21)14(22)5-11/h3-5,12,16,18,25-26H,6-10H2,1-2H3,(H,23,27)(H,24,28). The van der Waals surface area contributed by atoms with Crippen molar-refractivity contribution in [3.63, 3.8) is 0 Å². The molecule has 170 valence electrons. The average Bonchev–Trinajstić information content (AvgIpc) is 2.71. The fourth-order valence-corrected chi connectivity index (χ4v) is 4.88. The number of hydrogen-bond donors (Lipinski definition) is 4. The van der Waals surface area contributed by atoms with Crippen molar-refractivity contribution < 1.29 is 28.2 Å². The van der Waals surface area contributed by atoms with E-state index in [1.165, 1.54) is 12.1 Å². The van der Waals surface area contributed by atoms with Crippen molar-refractivity contribution in [2.75, 3.05) is 20.8 Å². The van der Waals surface area contributed by atoms with Crippen LogP contribution in [0.3, 0.4) is 0 Å². The molecule has 11 heteroatoms. The van der Waals surface area contributed by atoms with Gasteiger partial charge < -0.3 is 24.8 Å². The SMILES string of the molecule is COC1CC(C(=O)NC23CC(NC(=O)COc4ccc(Cl)c(F)c4)(C2)C3)C(OC)NN1. The predicted molar refractivity (Wildman–Crippen MR) is 108 cm³/mol. The van der Waals surface area contributed by atoms with E-state index in [0.29, 0.717) is 25.7 Å². The van der Waals surface area contributed by atoms with Crippen molar-refractivity contribution in [3.05, 3.63) is 29.0 Å². The highest BCUT2D eigenvalue weighted by molar-refractivity contribution is 6.30. The van der Waals surface area contributed by atoms with Crippen LogP contribution in [0.25, 0.3) is 0 Å². The number of nitrogens with one attached hydrogen (secondary N) is 4. The second kappa shape index (κ2) is 8.51. The van der Waals surface area contributed by atoms with Gasteiger partial charge in [0.25, 0.3) is 5.91 Å².